The molecule has 0 N–H and O–H groups in total. The highest BCUT2D eigenvalue weighted by atomic mass is 19.4. The van der Waals surface area contributed by atoms with Crippen molar-refractivity contribution < 1.29 is 13.2 Å². The summed E-state index contributed by atoms with van der Waals surface area (Å²) < 4.78 is 39.7. The van der Waals surface area contributed by atoms with Crippen LogP contribution in [-0.4, -0.2) is 9.97 Å². The van der Waals surface area contributed by atoms with Crippen LogP contribution < -0.4 is 0 Å². The molecule has 5 heteroatoms. The lowest BCUT2D eigenvalue weighted by atomic mass is 9.97. The second kappa shape index (κ2) is 5.60. The van der Waals surface area contributed by atoms with Crippen molar-refractivity contribution in [2.75, 3.05) is 0 Å². The first-order valence-electron chi connectivity index (χ1n) is 6.60. The number of hydrogen-bond acceptors (Lipinski definition) is 2. The molecule has 1 aromatic carbocycles. The molecule has 0 atom stereocenters. The van der Waals surface area contributed by atoms with E-state index in [1.165, 1.54) is 12.1 Å². The van der Waals surface area contributed by atoms with Crippen molar-refractivity contribution in [2.24, 2.45) is 0 Å². The third-order valence-electron chi connectivity index (χ3n) is 3.24. The van der Waals surface area contributed by atoms with Crippen LogP contribution in [-0.2, 0) is 6.18 Å². The van der Waals surface area contributed by atoms with Gasteiger partial charge in [0.1, 0.15) is 0 Å². The standard InChI is InChI=1S/C17H11F3N2/c18-17(19,20)14-8-2-1-6-12(14)13-7-5-11-22-16(13)15-9-3-4-10-21-15/h1-11H. The first-order valence-corrected chi connectivity index (χ1v) is 6.60. The van der Waals surface area contributed by atoms with E-state index in [0.717, 1.165) is 6.07 Å². The third kappa shape index (κ3) is 2.70. The van der Waals surface area contributed by atoms with Crippen LogP contribution >= 0.6 is 0 Å². The Morgan fingerprint density at radius 1 is 0.682 bits per heavy atom. The van der Waals surface area contributed by atoms with Crippen LogP contribution in [0, 0.1) is 0 Å². The van der Waals surface area contributed by atoms with Crippen LogP contribution in [0.1, 0.15) is 5.56 Å². The number of alkyl halides is 3. The Hall–Kier alpha value is -2.69. The molecule has 0 bridgehead atoms. The van der Waals surface area contributed by atoms with Gasteiger partial charge in [-0.2, -0.15) is 13.2 Å². The fourth-order valence-corrected chi connectivity index (χ4v) is 2.29. The molecule has 0 aliphatic heterocycles. The maximum atomic E-state index is 13.2. The fourth-order valence-electron chi connectivity index (χ4n) is 2.29. The van der Waals surface area contributed by atoms with E-state index in [0.29, 0.717) is 17.0 Å². The van der Waals surface area contributed by atoms with Crippen molar-refractivity contribution in [1.29, 1.82) is 0 Å². The molecule has 22 heavy (non-hydrogen) atoms. The summed E-state index contributed by atoms with van der Waals surface area (Å²) in [6, 6.07) is 14.0. The van der Waals surface area contributed by atoms with Crippen LogP contribution in [0.3, 0.4) is 0 Å². The second-order valence-electron chi connectivity index (χ2n) is 4.66. The van der Waals surface area contributed by atoms with Crippen molar-refractivity contribution in [3.05, 3.63) is 72.6 Å². The van der Waals surface area contributed by atoms with E-state index >= 15 is 0 Å². The molecule has 0 radical (unpaired) electrons. The largest absolute Gasteiger partial charge is 0.417 e. The molecule has 0 amide bonds. The van der Waals surface area contributed by atoms with E-state index in [1.807, 2.05) is 0 Å². The van der Waals surface area contributed by atoms with Gasteiger partial charge in [0.15, 0.2) is 0 Å². The number of aromatic nitrogens is 2. The lowest BCUT2D eigenvalue weighted by Crippen LogP contribution is -2.07. The van der Waals surface area contributed by atoms with Crippen LogP contribution in [0.5, 0.6) is 0 Å². The molecule has 3 aromatic rings. The summed E-state index contributed by atoms with van der Waals surface area (Å²) in [6.07, 6.45) is -1.29. The molecule has 0 fully saturated rings. The van der Waals surface area contributed by atoms with Gasteiger partial charge in [-0.25, -0.2) is 0 Å². The van der Waals surface area contributed by atoms with E-state index < -0.39 is 11.7 Å². The predicted octanol–water partition coefficient (Wildman–Crippen LogP) is 4.83. The van der Waals surface area contributed by atoms with Gasteiger partial charge >= 0.3 is 6.18 Å². The zero-order valence-corrected chi connectivity index (χ0v) is 11.4. The smallest absolute Gasteiger partial charge is 0.255 e. The number of rotatable bonds is 2. The molecule has 2 nitrogen and oxygen atoms in total. The average molecular weight is 300 g/mol. The fraction of sp³-hybridized carbons (Fsp3) is 0.0588. The van der Waals surface area contributed by atoms with E-state index in [2.05, 4.69) is 9.97 Å². The quantitative estimate of drug-likeness (QED) is 0.677. The first kappa shape index (κ1) is 14.3. The van der Waals surface area contributed by atoms with Crippen LogP contribution in [0.2, 0.25) is 0 Å². The van der Waals surface area contributed by atoms with Gasteiger partial charge in [-0.3, -0.25) is 9.97 Å². The third-order valence-corrected chi connectivity index (χ3v) is 3.24. The Kier molecular flexibility index (Phi) is 3.63. The maximum Gasteiger partial charge on any atom is 0.417 e. The van der Waals surface area contributed by atoms with Gasteiger partial charge in [0, 0.05) is 18.0 Å². The summed E-state index contributed by atoms with van der Waals surface area (Å²) in [6.45, 7) is 0. The van der Waals surface area contributed by atoms with Gasteiger partial charge in [0.05, 0.1) is 17.0 Å². The van der Waals surface area contributed by atoms with E-state index in [1.54, 1.807) is 48.8 Å². The van der Waals surface area contributed by atoms with Gasteiger partial charge in [0.2, 0.25) is 0 Å². The Balaban J connectivity index is 2.24. The van der Waals surface area contributed by atoms with E-state index in [-0.39, 0.29) is 5.56 Å². The Morgan fingerprint density at radius 2 is 1.36 bits per heavy atom. The first-order chi connectivity index (χ1) is 10.6. The predicted molar refractivity (Wildman–Crippen MR) is 77.9 cm³/mol. The summed E-state index contributed by atoms with van der Waals surface area (Å²) in [4.78, 5) is 8.40. The molecule has 0 saturated carbocycles. The minimum absolute atomic E-state index is 0.101. The highest BCUT2D eigenvalue weighted by Crippen LogP contribution is 2.39. The van der Waals surface area contributed by atoms with Crippen molar-refractivity contribution >= 4 is 0 Å². The molecule has 0 unspecified atom stereocenters. The molecule has 0 aliphatic carbocycles. The minimum Gasteiger partial charge on any atom is -0.255 e. The SMILES string of the molecule is FC(F)(F)c1ccccc1-c1cccnc1-c1ccccn1. The number of pyridine rings is 2. The summed E-state index contributed by atoms with van der Waals surface area (Å²) in [7, 11) is 0. The molecule has 0 saturated heterocycles. The van der Waals surface area contributed by atoms with Gasteiger partial charge in [-0.1, -0.05) is 30.3 Å². The highest BCUT2D eigenvalue weighted by molar-refractivity contribution is 5.81. The van der Waals surface area contributed by atoms with Gasteiger partial charge < -0.3 is 0 Å². The highest BCUT2D eigenvalue weighted by Gasteiger charge is 2.33. The lowest BCUT2D eigenvalue weighted by molar-refractivity contribution is -0.137. The summed E-state index contributed by atoms with van der Waals surface area (Å²) in [5.41, 5.74) is 0.799. The number of hydrogen-bond donors (Lipinski definition) is 0. The van der Waals surface area contributed by atoms with Crippen molar-refractivity contribution in [1.82, 2.24) is 9.97 Å². The van der Waals surface area contributed by atoms with E-state index in [4.69, 9.17) is 0 Å². The number of halogens is 3. The number of benzene rings is 1. The molecular formula is C17H11F3N2. The topological polar surface area (TPSA) is 25.8 Å². The lowest BCUT2D eigenvalue weighted by Gasteiger charge is -2.14. The van der Waals surface area contributed by atoms with Gasteiger partial charge in [-0.15, -0.1) is 0 Å². The van der Waals surface area contributed by atoms with Crippen molar-refractivity contribution in [3.63, 3.8) is 0 Å². The number of nitrogens with zero attached hydrogens (tertiary/aromatic N) is 2. The maximum absolute atomic E-state index is 13.2. The van der Waals surface area contributed by atoms with Crippen molar-refractivity contribution in [3.8, 4) is 22.5 Å². The zero-order chi connectivity index (χ0) is 15.6. The zero-order valence-electron chi connectivity index (χ0n) is 11.4. The minimum atomic E-state index is -4.42. The van der Waals surface area contributed by atoms with Gasteiger partial charge in [0.25, 0.3) is 0 Å². The Morgan fingerprint density at radius 3 is 2.09 bits per heavy atom. The summed E-state index contributed by atoms with van der Waals surface area (Å²) in [5, 5.41) is 0. The Bertz CT molecular complexity index is 783. The second-order valence-corrected chi connectivity index (χ2v) is 4.66. The van der Waals surface area contributed by atoms with Gasteiger partial charge in [-0.05, 0) is 29.8 Å². The van der Waals surface area contributed by atoms with E-state index in [9.17, 15) is 13.2 Å². The monoisotopic (exact) mass is 300 g/mol. The average Bonchev–Trinajstić information content (AvgIpc) is 2.55. The van der Waals surface area contributed by atoms with Crippen LogP contribution in [0.25, 0.3) is 22.5 Å². The summed E-state index contributed by atoms with van der Waals surface area (Å²) >= 11 is 0. The van der Waals surface area contributed by atoms with Crippen molar-refractivity contribution in [2.45, 2.75) is 6.18 Å². The normalized spacial score (nSPS) is 11.4. The molecule has 0 spiro atoms. The van der Waals surface area contributed by atoms with Crippen LogP contribution in [0.4, 0.5) is 13.2 Å². The molecule has 2 aromatic heterocycles. The molecule has 3 rings (SSSR count). The summed E-state index contributed by atoms with van der Waals surface area (Å²) in [5.74, 6) is 0. The molecule has 0 aliphatic rings. The Labute approximate surface area is 125 Å². The molecule has 2 heterocycles. The molecular weight excluding hydrogens is 289 g/mol. The molecule has 110 valence electrons. The van der Waals surface area contributed by atoms with Crippen LogP contribution in [0.15, 0.2) is 67.0 Å².